The Labute approximate surface area is 192 Å². The molecule has 0 bridgehead atoms. The molecule has 5 nitrogen and oxygen atoms in total. The summed E-state index contributed by atoms with van der Waals surface area (Å²) in [5.41, 5.74) is 1.42. The zero-order valence-electron chi connectivity index (χ0n) is 18.2. The summed E-state index contributed by atoms with van der Waals surface area (Å²) in [6.07, 6.45) is -0.0181. The molecular weight excluding hydrogens is 421 g/mol. The van der Waals surface area contributed by atoms with Gasteiger partial charge in [-0.2, -0.15) is 0 Å². The fourth-order valence-electron chi connectivity index (χ4n) is 4.25. The summed E-state index contributed by atoms with van der Waals surface area (Å²) in [6, 6.07) is 27.3. The molecule has 0 heterocycles. The van der Waals surface area contributed by atoms with Gasteiger partial charge in [-0.1, -0.05) is 91.0 Å². The molecule has 6 heteroatoms. The van der Waals surface area contributed by atoms with Gasteiger partial charge in [0, 0.05) is 0 Å². The average Bonchev–Trinajstić information content (AvgIpc) is 2.85. The highest BCUT2D eigenvalue weighted by atomic mass is 19.1. The van der Waals surface area contributed by atoms with E-state index in [-0.39, 0.29) is 19.3 Å². The van der Waals surface area contributed by atoms with Gasteiger partial charge >= 0.3 is 11.9 Å². The quantitative estimate of drug-likeness (QED) is 0.344. The number of hydrogen-bond acceptors (Lipinski definition) is 3. The number of aliphatic carboxylic acids is 2. The number of nitrogens with one attached hydrogen (secondary N) is 1. The fraction of sp³-hybridized carbons (Fsp3) is 0.259. The van der Waals surface area contributed by atoms with Crippen molar-refractivity contribution < 1.29 is 24.2 Å². The first-order valence-electron chi connectivity index (χ1n) is 10.9. The van der Waals surface area contributed by atoms with Gasteiger partial charge in [0.15, 0.2) is 0 Å². The van der Waals surface area contributed by atoms with Gasteiger partial charge < -0.3 is 10.2 Å². The molecule has 0 fully saturated rings. The summed E-state index contributed by atoms with van der Waals surface area (Å²) in [4.78, 5) is 24.2. The summed E-state index contributed by atoms with van der Waals surface area (Å²) >= 11 is 0. The summed E-state index contributed by atoms with van der Waals surface area (Å²) in [5.74, 6) is -3.26. The zero-order chi connectivity index (χ0) is 23.7. The SMILES string of the molecule is O=C(O)[C@H](CCCF)C[C@H](NC(c1ccccc1)(c1ccccc1)c1ccccc1)C(=O)O. The third-order valence-corrected chi connectivity index (χ3v) is 5.86. The molecule has 0 saturated carbocycles. The lowest BCUT2D eigenvalue weighted by Crippen LogP contribution is -2.53. The molecule has 0 aromatic heterocycles. The topological polar surface area (TPSA) is 86.6 Å². The second kappa shape index (κ2) is 11.4. The molecule has 2 atom stereocenters. The molecule has 0 unspecified atom stereocenters. The lowest BCUT2D eigenvalue weighted by Gasteiger charge is -2.39. The molecule has 0 aliphatic rings. The van der Waals surface area contributed by atoms with E-state index in [0.29, 0.717) is 0 Å². The largest absolute Gasteiger partial charge is 0.481 e. The van der Waals surface area contributed by atoms with Crippen LogP contribution in [0.15, 0.2) is 91.0 Å². The van der Waals surface area contributed by atoms with Crippen LogP contribution in [-0.2, 0) is 15.1 Å². The average molecular weight is 450 g/mol. The second-order valence-corrected chi connectivity index (χ2v) is 7.99. The molecule has 3 aromatic rings. The number of carboxylic acid groups (broad SMARTS) is 2. The first-order chi connectivity index (χ1) is 16.0. The highest BCUT2D eigenvalue weighted by Crippen LogP contribution is 2.38. The normalized spacial score (nSPS) is 13.2. The van der Waals surface area contributed by atoms with E-state index in [1.54, 1.807) is 0 Å². The van der Waals surface area contributed by atoms with Gasteiger partial charge in [0.05, 0.1) is 18.1 Å². The summed E-state index contributed by atoms with van der Waals surface area (Å²) < 4.78 is 12.7. The molecule has 3 aromatic carbocycles. The van der Waals surface area contributed by atoms with E-state index in [1.807, 2.05) is 91.0 Å². The van der Waals surface area contributed by atoms with Crippen LogP contribution in [0.3, 0.4) is 0 Å². The molecule has 3 N–H and O–H groups in total. The standard InChI is InChI=1S/C27H28FNO4/c28-18-10-11-20(25(30)31)19-24(26(32)33)29-27(21-12-4-1-5-13-21,22-14-6-2-7-15-22)23-16-8-3-9-17-23/h1-9,12-17,20,24,29H,10-11,18-19H2,(H,30,31)(H,32,33)/t20-,24+/m1/s1. The molecular formula is C27H28FNO4. The lowest BCUT2D eigenvalue weighted by atomic mass is 9.76. The zero-order valence-corrected chi connectivity index (χ0v) is 18.2. The van der Waals surface area contributed by atoms with Gasteiger partial charge in [0.2, 0.25) is 0 Å². The van der Waals surface area contributed by atoms with Crippen LogP contribution in [0.2, 0.25) is 0 Å². The molecule has 33 heavy (non-hydrogen) atoms. The number of carbonyl (C=O) groups is 2. The minimum absolute atomic E-state index is 0.0739. The van der Waals surface area contributed by atoms with Gasteiger partial charge in [-0.15, -0.1) is 0 Å². The van der Waals surface area contributed by atoms with Gasteiger partial charge in [0.1, 0.15) is 6.04 Å². The van der Waals surface area contributed by atoms with Gasteiger partial charge in [-0.25, -0.2) is 0 Å². The Kier molecular flexibility index (Phi) is 8.33. The summed E-state index contributed by atoms with van der Waals surface area (Å²) in [6.45, 7) is -0.642. The van der Waals surface area contributed by atoms with Crippen LogP contribution in [-0.4, -0.2) is 34.9 Å². The number of halogens is 1. The van der Waals surface area contributed by atoms with Crippen LogP contribution in [0, 0.1) is 5.92 Å². The van der Waals surface area contributed by atoms with E-state index >= 15 is 0 Å². The number of alkyl halides is 1. The Morgan fingerprint density at radius 2 is 1.18 bits per heavy atom. The highest BCUT2D eigenvalue weighted by Gasteiger charge is 2.41. The third kappa shape index (κ3) is 5.65. The predicted octanol–water partition coefficient (Wildman–Crippen LogP) is 4.86. The Balaban J connectivity index is 2.16. The van der Waals surface area contributed by atoms with Crippen molar-refractivity contribution in [1.82, 2.24) is 5.32 Å². The molecule has 0 aliphatic carbocycles. The maximum absolute atomic E-state index is 12.7. The number of hydrogen-bond donors (Lipinski definition) is 3. The monoisotopic (exact) mass is 449 g/mol. The van der Waals surface area contributed by atoms with E-state index in [2.05, 4.69) is 5.32 Å². The number of rotatable bonds is 12. The van der Waals surface area contributed by atoms with Crippen molar-refractivity contribution >= 4 is 11.9 Å². The van der Waals surface area contributed by atoms with Crippen molar-refractivity contribution in [3.05, 3.63) is 108 Å². The predicted molar refractivity (Wildman–Crippen MR) is 125 cm³/mol. The Morgan fingerprint density at radius 1 is 0.758 bits per heavy atom. The van der Waals surface area contributed by atoms with Crippen LogP contribution in [0.25, 0.3) is 0 Å². The Bertz CT molecular complexity index is 931. The minimum atomic E-state index is -1.19. The van der Waals surface area contributed by atoms with Crippen molar-refractivity contribution in [2.45, 2.75) is 30.8 Å². The number of carboxylic acids is 2. The summed E-state index contributed by atoms with van der Waals surface area (Å²) in [7, 11) is 0. The molecule has 0 aliphatic heterocycles. The van der Waals surface area contributed by atoms with Gasteiger partial charge in [0.25, 0.3) is 0 Å². The summed E-state index contributed by atoms with van der Waals surface area (Å²) in [5, 5.41) is 23.1. The first kappa shape index (κ1) is 24.1. The maximum atomic E-state index is 12.7. The molecule has 0 saturated heterocycles. The number of benzene rings is 3. The van der Waals surface area contributed by atoms with Crippen LogP contribution in [0.1, 0.15) is 36.0 Å². The van der Waals surface area contributed by atoms with E-state index < -0.39 is 36.1 Å². The lowest BCUT2D eigenvalue weighted by molar-refractivity contribution is -0.144. The van der Waals surface area contributed by atoms with E-state index in [9.17, 15) is 24.2 Å². The van der Waals surface area contributed by atoms with Crippen LogP contribution in [0.5, 0.6) is 0 Å². The molecule has 3 rings (SSSR count). The molecule has 0 amide bonds. The van der Waals surface area contributed by atoms with E-state index in [4.69, 9.17) is 0 Å². The molecule has 0 spiro atoms. The molecule has 172 valence electrons. The molecule has 0 radical (unpaired) electrons. The maximum Gasteiger partial charge on any atom is 0.320 e. The van der Waals surface area contributed by atoms with E-state index in [0.717, 1.165) is 16.7 Å². The van der Waals surface area contributed by atoms with Crippen molar-refractivity contribution in [3.8, 4) is 0 Å². The fourth-order valence-corrected chi connectivity index (χ4v) is 4.25. The van der Waals surface area contributed by atoms with Crippen molar-refractivity contribution in [3.63, 3.8) is 0 Å². The van der Waals surface area contributed by atoms with Crippen LogP contribution < -0.4 is 5.32 Å². The highest BCUT2D eigenvalue weighted by molar-refractivity contribution is 5.76. The third-order valence-electron chi connectivity index (χ3n) is 5.86. The first-order valence-corrected chi connectivity index (χ1v) is 10.9. The van der Waals surface area contributed by atoms with Crippen LogP contribution >= 0.6 is 0 Å². The second-order valence-electron chi connectivity index (χ2n) is 7.99. The van der Waals surface area contributed by atoms with Crippen molar-refractivity contribution in [2.75, 3.05) is 6.67 Å². The van der Waals surface area contributed by atoms with Gasteiger partial charge in [-0.05, 0) is 36.0 Å². The Morgan fingerprint density at radius 3 is 1.52 bits per heavy atom. The van der Waals surface area contributed by atoms with Crippen molar-refractivity contribution in [2.24, 2.45) is 5.92 Å². The smallest absolute Gasteiger partial charge is 0.320 e. The van der Waals surface area contributed by atoms with Crippen LogP contribution in [0.4, 0.5) is 4.39 Å². The minimum Gasteiger partial charge on any atom is -0.481 e. The van der Waals surface area contributed by atoms with Crippen molar-refractivity contribution in [1.29, 1.82) is 0 Å². The van der Waals surface area contributed by atoms with Gasteiger partial charge in [-0.3, -0.25) is 19.3 Å². The Hall–Kier alpha value is -3.51. The van der Waals surface area contributed by atoms with E-state index in [1.165, 1.54) is 0 Å².